The standard InChI is InChI=1S/C15H13NO3.C15H15NO3.C15H18O3.C14H12O3S.C14H14O2.C13H8F2O3.C13H18O2.C10H12O3/c17-14(10-4-2-1-3-5-10)13-7-6-12-11(15(18)19)8-9-16(12)13;1-10-3-5-11(6-4-10)15(19)13-8-7-12(16(13)2)9-14(17)18;1-10(15(17)18)12-7-5-11(6-8-12)9-13-3-2-4-14(13)16;1-9(14(16)17)11-7-8-12(18-11)13(15)10-5-3-2-4-6-10;1-9-3-4-13-8-11(10(2)14(15)16)5-6-12(13)7-9;14-8-2-3-9(11(15)6-8)7-1-4-12(16)10(5-7)13(17)18;1-9(2)8-11-4-6-12(7-5-11)10(3)13(14)15;1-2-7-13-10(12)8-5-3-4-6-9(8)11/h1-7,11H,8-9H2,(H,18,19);3-8H,9H2,1-2H3,(H,17,18);5-8,10,13H,2-4,9H2,1H3,(H,17,18);2-9H,1H3,(H,16,17);3-8,10H,1-2H3,(H,15,16);1-6,16H,(H,17,18);4-7,9-10H,8H2,1-3H3,(H,14,15);3-6,11H,2,7H2,1H3/t;;;;10-;;;/m....0.../s1. The van der Waals surface area contributed by atoms with Gasteiger partial charge in [0.1, 0.15) is 40.0 Å². The zero-order chi connectivity index (χ0) is 99.7. The number of aliphatic carboxylic acids is 6. The minimum Gasteiger partial charge on any atom is -0.507 e. The number of aromatic nitrogens is 2. The van der Waals surface area contributed by atoms with Gasteiger partial charge in [-0.05, 0) is 203 Å². The van der Waals surface area contributed by atoms with E-state index in [-0.39, 0.29) is 57.7 Å². The molecule has 0 amide bonds. The summed E-state index contributed by atoms with van der Waals surface area (Å²) in [6.07, 6.45) is 5.81. The molecule has 13 aromatic rings. The van der Waals surface area contributed by atoms with Crippen LogP contribution in [0, 0.1) is 37.3 Å². The van der Waals surface area contributed by atoms with Crippen LogP contribution in [0.5, 0.6) is 11.5 Å². The van der Waals surface area contributed by atoms with Gasteiger partial charge in [-0.1, -0.05) is 220 Å². The molecule has 1 fully saturated rings. The fourth-order valence-electron chi connectivity index (χ4n) is 14.5. The number of carboxylic acids is 7. The van der Waals surface area contributed by atoms with Crippen molar-refractivity contribution in [1.82, 2.24) is 9.13 Å². The number of para-hydroxylation sites is 1. The molecule has 1 saturated carbocycles. The van der Waals surface area contributed by atoms with Gasteiger partial charge in [-0.3, -0.25) is 47.9 Å². The predicted molar refractivity (Wildman–Crippen MR) is 514 cm³/mol. The van der Waals surface area contributed by atoms with Crippen molar-refractivity contribution in [2.45, 2.75) is 150 Å². The number of ketones is 4. The van der Waals surface area contributed by atoms with Crippen LogP contribution in [0.2, 0.25) is 0 Å². The number of benzene rings is 10. The summed E-state index contributed by atoms with van der Waals surface area (Å²) in [6.45, 7) is 18.0. The first kappa shape index (κ1) is 106. The van der Waals surface area contributed by atoms with E-state index in [9.17, 15) is 76.5 Å². The van der Waals surface area contributed by atoms with Crippen molar-refractivity contribution in [3.8, 4) is 22.6 Å². The van der Waals surface area contributed by atoms with Crippen molar-refractivity contribution >= 4 is 93.0 Å². The van der Waals surface area contributed by atoms with Crippen LogP contribution in [0.15, 0.2) is 267 Å². The van der Waals surface area contributed by atoms with E-state index in [0.717, 1.165) is 101 Å². The third-order valence-corrected chi connectivity index (χ3v) is 23.8. The van der Waals surface area contributed by atoms with Crippen LogP contribution in [0.4, 0.5) is 8.78 Å². The highest BCUT2D eigenvalue weighted by Gasteiger charge is 2.32. The van der Waals surface area contributed by atoms with E-state index in [4.69, 9.17) is 40.5 Å². The van der Waals surface area contributed by atoms with Crippen molar-refractivity contribution in [3.05, 3.63) is 378 Å². The van der Waals surface area contributed by atoms with Crippen LogP contribution >= 0.6 is 11.3 Å². The summed E-state index contributed by atoms with van der Waals surface area (Å²) < 4.78 is 34.6. The SMILES string of the molecule is CC(C(=O)O)c1ccc(C(=O)c2ccccc2)s1.CC(C(=O)O)c1ccc(CC2CCCC2=O)cc1.CC(C)Cc1ccc(C(C)C(=O)O)cc1.CCCOC(=O)c1ccccc1O.Cc1ccc(C(=O)c2ccc(CC(=O)O)n2C)cc1.Cc1ccc2cc([C@H](C)C(=O)O)ccc2c1.O=C(O)c1cc(-c2ccc(F)cc2F)ccc1O.O=C(c1ccccc1)c1ccc2n1CCC2C(=O)O. The Balaban J connectivity index is 0.000000191. The molecule has 10 aromatic carbocycles. The number of ether oxygens (including phenoxy) is 1. The van der Waals surface area contributed by atoms with Crippen LogP contribution < -0.4 is 0 Å². The lowest BCUT2D eigenvalue weighted by Gasteiger charge is -2.10. The van der Waals surface area contributed by atoms with E-state index in [1.54, 1.807) is 124 Å². The first-order valence-corrected chi connectivity index (χ1v) is 44.8. The van der Waals surface area contributed by atoms with Gasteiger partial charge in [0.05, 0.1) is 58.9 Å². The van der Waals surface area contributed by atoms with Crippen molar-refractivity contribution in [1.29, 1.82) is 0 Å². The number of esters is 1. The van der Waals surface area contributed by atoms with Crippen LogP contribution in [0.1, 0.15) is 233 Å². The molecule has 0 saturated heterocycles. The van der Waals surface area contributed by atoms with Gasteiger partial charge in [0.15, 0.2) is 0 Å². The summed E-state index contributed by atoms with van der Waals surface area (Å²) in [6, 6.07) is 76.0. The number of nitrogens with zero attached hydrogens (tertiary/aromatic N) is 2. The number of phenolic OH excluding ortho intramolecular Hbond substituents is 1. The Morgan fingerprint density at radius 1 is 0.485 bits per heavy atom. The summed E-state index contributed by atoms with van der Waals surface area (Å²) in [5, 5.41) is 83.3. The molecular formula is C109H110F2N2O22S. The van der Waals surface area contributed by atoms with Crippen molar-refractivity contribution in [2.75, 3.05) is 6.61 Å². The van der Waals surface area contributed by atoms with Gasteiger partial charge in [0.25, 0.3) is 0 Å². The zero-order valence-electron chi connectivity index (χ0n) is 76.9. The highest BCUT2D eigenvalue weighted by molar-refractivity contribution is 7.14. The van der Waals surface area contributed by atoms with Crippen LogP contribution in [-0.2, 0) is 71.2 Å². The summed E-state index contributed by atoms with van der Waals surface area (Å²) in [4.78, 5) is 137. The Hall–Kier alpha value is -15.4. The number of rotatable bonds is 26. The Labute approximate surface area is 790 Å². The summed E-state index contributed by atoms with van der Waals surface area (Å²) in [5.41, 5.74) is 11.7. The maximum absolute atomic E-state index is 13.5. The number of carbonyl (C=O) groups excluding carboxylic acids is 5. The van der Waals surface area contributed by atoms with Gasteiger partial charge < -0.3 is 59.8 Å². The Bertz CT molecular complexity index is 6360. The molecule has 15 rings (SSSR count). The fraction of sp³-hybridized carbons (Fsp3) is 0.248. The second-order valence-electron chi connectivity index (χ2n) is 33.1. The van der Waals surface area contributed by atoms with Crippen LogP contribution in [0.25, 0.3) is 21.9 Å². The number of aromatic hydroxyl groups is 2. The summed E-state index contributed by atoms with van der Waals surface area (Å²) >= 11 is 1.24. The number of halogens is 2. The molecule has 1 aliphatic heterocycles. The molecular weight excluding hydrogens is 1760 g/mol. The molecule has 0 bridgehead atoms. The zero-order valence-corrected chi connectivity index (χ0v) is 77.7. The largest absolute Gasteiger partial charge is 0.507 e. The third kappa shape index (κ3) is 30.6. The molecule has 9 N–H and O–H groups in total. The van der Waals surface area contributed by atoms with Gasteiger partial charge in [-0.25, -0.2) is 18.4 Å². The van der Waals surface area contributed by atoms with Crippen LogP contribution in [0.3, 0.4) is 0 Å². The molecule has 0 spiro atoms. The number of Topliss-reactive ketones (excluding diaryl/α,β-unsaturated/α-hetero) is 1. The molecule has 4 heterocycles. The van der Waals surface area contributed by atoms with Crippen molar-refractivity contribution < 1.29 is 117 Å². The minimum atomic E-state index is -1.32. The highest BCUT2D eigenvalue weighted by Crippen LogP contribution is 2.35. The molecule has 27 heteroatoms. The number of aromatic carboxylic acids is 1. The Morgan fingerprint density at radius 2 is 1.01 bits per heavy atom. The lowest BCUT2D eigenvalue weighted by Crippen LogP contribution is -2.11. The lowest BCUT2D eigenvalue weighted by atomic mass is 9.94. The van der Waals surface area contributed by atoms with Gasteiger partial charge in [0.2, 0.25) is 17.3 Å². The number of fused-ring (bicyclic) bond motifs is 2. The summed E-state index contributed by atoms with van der Waals surface area (Å²) in [7, 11) is 1.71. The van der Waals surface area contributed by atoms with E-state index in [0.29, 0.717) is 80.9 Å². The number of thiophene rings is 1. The van der Waals surface area contributed by atoms with Gasteiger partial charge in [-0.2, -0.15) is 0 Å². The first-order valence-electron chi connectivity index (χ1n) is 43.9. The van der Waals surface area contributed by atoms with Gasteiger partial charge in [-0.15, -0.1) is 11.3 Å². The number of hydrogen-bond acceptors (Lipinski definition) is 16. The number of phenols is 2. The van der Waals surface area contributed by atoms with E-state index >= 15 is 0 Å². The minimum absolute atomic E-state index is 0.0383. The molecule has 708 valence electrons. The maximum Gasteiger partial charge on any atom is 0.341 e. The number of carboxylic acid groups (broad SMARTS) is 7. The molecule has 2 aliphatic rings. The van der Waals surface area contributed by atoms with Gasteiger partial charge in [0, 0.05) is 70.5 Å². The molecule has 5 unspecified atom stereocenters. The smallest absolute Gasteiger partial charge is 0.341 e. The molecule has 0 radical (unpaired) electrons. The van der Waals surface area contributed by atoms with Crippen molar-refractivity contribution in [3.63, 3.8) is 0 Å². The Kier molecular flexibility index (Phi) is 39.8. The average Bonchev–Trinajstić information content (AvgIpc) is 1.43. The first-order chi connectivity index (χ1) is 64.7. The molecule has 6 atom stereocenters. The molecule has 136 heavy (non-hydrogen) atoms. The summed E-state index contributed by atoms with van der Waals surface area (Å²) in [5.74, 6) is -10.2. The molecule has 3 aromatic heterocycles. The van der Waals surface area contributed by atoms with E-state index in [1.165, 1.54) is 46.7 Å². The van der Waals surface area contributed by atoms with Crippen molar-refractivity contribution in [2.24, 2.45) is 18.9 Å². The van der Waals surface area contributed by atoms with Crippen LogP contribution in [-0.4, -0.2) is 133 Å². The monoisotopic (exact) mass is 1870 g/mol. The third-order valence-electron chi connectivity index (χ3n) is 22.5. The Morgan fingerprint density at radius 3 is 1.55 bits per heavy atom. The second-order valence-corrected chi connectivity index (χ2v) is 34.2. The number of hydrogen-bond donors (Lipinski definition) is 9. The highest BCUT2D eigenvalue weighted by atomic mass is 32.1. The number of carbonyl (C=O) groups is 12. The maximum atomic E-state index is 13.5. The number of aryl methyl sites for hydroxylation is 2. The second kappa shape index (κ2) is 51.0. The van der Waals surface area contributed by atoms with E-state index in [1.807, 2.05) is 153 Å². The predicted octanol–water partition coefficient (Wildman–Crippen LogP) is 21.8. The van der Waals surface area contributed by atoms with E-state index < -0.39 is 94.7 Å². The molecule has 24 nitrogen and oxygen atoms in total. The average molecular weight is 1870 g/mol. The fourth-order valence-corrected chi connectivity index (χ4v) is 15.5. The molecule has 1 aliphatic carbocycles. The normalized spacial score (nSPS) is 13.4. The van der Waals surface area contributed by atoms with E-state index in [2.05, 4.69) is 19.9 Å². The quantitative estimate of drug-likeness (QED) is 0.0180. The van der Waals surface area contributed by atoms with Gasteiger partial charge >= 0.3 is 47.8 Å². The lowest BCUT2D eigenvalue weighted by molar-refractivity contribution is -0.139. The topological polar surface area (TPSA) is 406 Å².